The molecule has 1 fully saturated rings. The number of nitrogens with zero attached hydrogens (tertiary/aromatic N) is 2. The van der Waals surface area contributed by atoms with Crippen molar-refractivity contribution in [3.8, 4) is 0 Å². The lowest BCUT2D eigenvalue weighted by atomic mass is 9.87. The van der Waals surface area contributed by atoms with Crippen molar-refractivity contribution in [2.75, 3.05) is 33.2 Å². The Morgan fingerprint density at radius 3 is 2.47 bits per heavy atom. The Kier molecular flexibility index (Phi) is 4.11. The van der Waals surface area contributed by atoms with Crippen molar-refractivity contribution in [3.63, 3.8) is 0 Å². The van der Waals surface area contributed by atoms with Crippen LogP contribution >= 0.6 is 0 Å². The standard InChI is InChI=1S/C11H22N2O2/c1-4-13(5-2)11(10(14)15)7-6-8-12(3)9-11/h4-9H2,1-3H3,(H,14,15). The average Bonchev–Trinajstić information content (AvgIpc) is 2.19. The van der Waals surface area contributed by atoms with Crippen molar-refractivity contribution >= 4 is 5.97 Å². The first-order chi connectivity index (χ1) is 7.06. The van der Waals surface area contributed by atoms with E-state index in [0.717, 1.165) is 32.5 Å². The summed E-state index contributed by atoms with van der Waals surface area (Å²) in [5, 5.41) is 9.47. The number of hydrogen-bond acceptors (Lipinski definition) is 3. The van der Waals surface area contributed by atoms with Gasteiger partial charge in [-0.05, 0) is 39.5 Å². The van der Waals surface area contributed by atoms with Crippen molar-refractivity contribution < 1.29 is 9.90 Å². The molecule has 0 aromatic heterocycles. The van der Waals surface area contributed by atoms with Crippen LogP contribution in [0.5, 0.6) is 0 Å². The molecular formula is C11H22N2O2. The maximum absolute atomic E-state index is 11.5. The van der Waals surface area contributed by atoms with Gasteiger partial charge in [0.25, 0.3) is 0 Å². The lowest BCUT2D eigenvalue weighted by Gasteiger charge is -2.45. The number of rotatable bonds is 4. The first-order valence-electron chi connectivity index (χ1n) is 5.73. The van der Waals surface area contributed by atoms with E-state index >= 15 is 0 Å². The predicted molar refractivity (Wildman–Crippen MR) is 60.0 cm³/mol. The average molecular weight is 214 g/mol. The molecule has 1 rings (SSSR count). The molecule has 1 aliphatic heterocycles. The maximum atomic E-state index is 11.5. The van der Waals surface area contributed by atoms with Crippen molar-refractivity contribution in [3.05, 3.63) is 0 Å². The van der Waals surface area contributed by atoms with Gasteiger partial charge in [0, 0.05) is 6.54 Å². The minimum Gasteiger partial charge on any atom is -0.480 e. The Labute approximate surface area is 91.9 Å². The fraction of sp³-hybridized carbons (Fsp3) is 0.909. The predicted octanol–water partition coefficient (Wildman–Crippen LogP) is 0.877. The van der Waals surface area contributed by atoms with Crippen molar-refractivity contribution in [1.82, 2.24) is 9.80 Å². The normalized spacial score (nSPS) is 28.3. The van der Waals surface area contributed by atoms with E-state index in [-0.39, 0.29) is 0 Å². The van der Waals surface area contributed by atoms with Gasteiger partial charge >= 0.3 is 5.97 Å². The van der Waals surface area contributed by atoms with Crippen LogP contribution in [0.25, 0.3) is 0 Å². The van der Waals surface area contributed by atoms with Gasteiger partial charge in [0.1, 0.15) is 5.54 Å². The molecule has 15 heavy (non-hydrogen) atoms. The molecule has 88 valence electrons. The molecule has 0 aromatic carbocycles. The van der Waals surface area contributed by atoms with E-state index in [1.54, 1.807) is 0 Å². The van der Waals surface area contributed by atoms with Gasteiger partial charge < -0.3 is 10.0 Å². The van der Waals surface area contributed by atoms with Gasteiger partial charge in [0.15, 0.2) is 0 Å². The SMILES string of the molecule is CCN(CC)C1(C(=O)O)CCCN(C)C1. The van der Waals surface area contributed by atoms with Gasteiger partial charge in [0.2, 0.25) is 0 Å². The van der Waals surface area contributed by atoms with E-state index in [0.29, 0.717) is 6.54 Å². The highest BCUT2D eigenvalue weighted by Gasteiger charge is 2.45. The minimum absolute atomic E-state index is 0.643. The second-order valence-corrected chi connectivity index (χ2v) is 4.35. The second kappa shape index (κ2) is 4.94. The van der Waals surface area contributed by atoms with Gasteiger partial charge in [-0.2, -0.15) is 0 Å². The lowest BCUT2D eigenvalue weighted by Crippen LogP contribution is -2.62. The number of piperidine rings is 1. The number of carboxylic acids is 1. The van der Waals surface area contributed by atoms with Crippen LogP contribution in [0.3, 0.4) is 0 Å². The van der Waals surface area contributed by atoms with Crippen molar-refractivity contribution in [2.24, 2.45) is 0 Å². The van der Waals surface area contributed by atoms with Gasteiger partial charge in [-0.3, -0.25) is 9.69 Å². The molecule has 1 atom stereocenters. The lowest BCUT2D eigenvalue weighted by molar-refractivity contribution is -0.155. The van der Waals surface area contributed by atoms with Gasteiger partial charge in [0.05, 0.1) is 0 Å². The monoisotopic (exact) mass is 214 g/mol. The Morgan fingerprint density at radius 2 is 2.07 bits per heavy atom. The van der Waals surface area contributed by atoms with E-state index in [9.17, 15) is 9.90 Å². The smallest absolute Gasteiger partial charge is 0.325 e. The number of aliphatic carboxylic acids is 1. The highest BCUT2D eigenvalue weighted by molar-refractivity contribution is 5.79. The van der Waals surface area contributed by atoms with Crippen molar-refractivity contribution in [1.29, 1.82) is 0 Å². The van der Waals surface area contributed by atoms with Crippen LogP contribution in [0.4, 0.5) is 0 Å². The molecule has 4 heteroatoms. The minimum atomic E-state index is -0.669. The molecule has 1 aliphatic rings. The van der Waals surface area contributed by atoms with Crippen LogP contribution in [0.1, 0.15) is 26.7 Å². The maximum Gasteiger partial charge on any atom is 0.325 e. The number of likely N-dealkylation sites (tertiary alicyclic amines) is 1. The van der Waals surface area contributed by atoms with Crippen LogP contribution in [-0.4, -0.2) is 59.6 Å². The fourth-order valence-corrected chi connectivity index (χ4v) is 2.64. The largest absolute Gasteiger partial charge is 0.480 e. The van der Waals surface area contributed by atoms with E-state index in [2.05, 4.69) is 9.80 Å². The zero-order chi connectivity index (χ0) is 11.5. The molecule has 1 heterocycles. The third kappa shape index (κ3) is 2.32. The topological polar surface area (TPSA) is 43.8 Å². The van der Waals surface area contributed by atoms with E-state index in [1.165, 1.54) is 0 Å². The van der Waals surface area contributed by atoms with Crippen LogP contribution in [0, 0.1) is 0 Å². The summed E-state index contributed by atoms with van der Waals surface area (Å²) in [5.41, 5.74) is -0.656. The fourth-order valence-electron chi connectivity index (χ4n) is 2.64. The summed E-state index contributed by atoms with van der Waals surface area (Å²) >= 11 is 0. The molecule has 0 aliphatic carbocycles. The highest BCUT2D eigenvalue weighted by atomic mass is 16.4. The molecule has 1 unspecified atom stereocenters. The van der Waals surface area contributed by atoms with E-state index in [4.69, 9.17) is 0 Å². The van der Waals surface area contributed by atoms with E-state index < -0.39 is 11.5 Å². The number of carboxylic acid groups (broad SMARTS) is 1. The molecule has 1 saturated heterocycles. The molecule has 0 aromatic rings. The Hall–Kier alpha value is -0.610. The molecule has 0 radical (unpaired) electrons. The Morgan fingerprint density at radius 1 is 1.47 bits per heavy atom. The molecule has 4 nitrogen and oxygen atoms in total. The zero-order valence-corrected chi connectivity index (χ0v) is 9.99. The zero-order valence-electron chi connectivity index (χ0n) is 9.99. The first kappa shape index (κ1) is 12.5. The summed E-state index contributed by atoms with van der Waals surface area (Å²) in [7, 11) is 2.00. The molecule has 0 amide bonds. The molecule has 1 N–H and O–H groups in total. The third-order valence-electron chi connectivity index (χ3n) is 3.43. The summed E-state index contributed by atoms with van der Waals surface area (Å²) in [4.78, 5) is 15.7. The Bertz CT molecular complexity index is 229. The first-order valence-corrected chi connectivity index (χ1v) is 5.73. The summed E-state index contributed by atoms with van der Waals surface area (Å²) in [5.74, 6) is -0.669. The quantitative estimate of drug-likeness (QED) is 0.754. The van der Waals surface area contributed by atoms with Gasteiger partial charge in [-0.1, -0.05) is 13.8 Å². The molecular weight excluding hydrogens is 192 g/mol. The van der Waals surface area contributed by atoms with E-state index in [1.807, 2.05) is 20.9 Å². The number of hydrogen-bond donors (Lipinski definition) is 1. The summed E-state index contributed by atoms with van der Waals surface area (Å²) < 4.78 is 0. The molecule has 0 saturated carbocycles. The summed E-state index contributed by atoms with van der Waals surface area (Å²) in [6.07, 6.45) is 1.74. The highest BCUT2D eigenvalue weighted by Crippen LogP contribution is 2.27. The number of carbonyl (C=O) groups is 1. The van der Waals surface area contributed by atoms with Crippen molar-refractivity contribution in [2.45, 2.75) is 32.2 Å². The Balaban J connectivity index is 2.90. The van der Waals surface area contributed by atoms with Gasteiger partial charge in [-0.15, -0.1) is 0 Å². The summed E-state index contributed by atoms with van der Waals surface area (Å²) in [6.45, 7) is 7.32. The van der Waals surface area contributed by atoms with Crippen LogP contribution in [-0.2, 0) is 4.79 Å². The van der Waals surface area contributed by atoms with Gasteiger partial charge in [-0.25, -0.2) is 0 Å². The van der Waals surface area contributed by atoms with Crippen LogP contribution in [0.15, 0.2) is 0 Å². The van der Waals surface area contributed by atoms with Crippen LogP contribution in [0.2, 0.25) is 0 Å². The molecule has 0 spiro atoms. The summed E-state index contributed by atoms with van der Waals surface area (Å²) in [6, 6.07) is 0. The second-order valence-electron chi connectivity index (χ2n) is 4.35. The molecule has 0 bridgehead atoms. The number of likely N-dealkylation sites (N-methyl/N-ethyl adjacent to an activating group) is 2. The third-order valence-corrected chi connectivity index (χ3v) is 3.43. The van der Waals surface area contributed by atoms with Crippen LogP contribution < -0.4 is 0 Å².